The molecule has 0 aromatic heterocycles. The van der Waals surface area contributed by atoms with E-state index in [4.69, 9.17) is 14.6 Å². The van der Waals surface area contributed by atoms with E-state index < -0.39 is 11.8 Å². The highest BCUT2D eigenvalue weighted by molar-refractivity contribution is 6.04. The Morgan fingerprint density at radius 3 is 2.55 bits per heavy atom. The Morgan fingerprint density at radius 2 is 1.85 bits per heavy atom. The van der Waals surface area contributed by atoms with Crippen LogP contribution in [0.5, 0.6) is 0 Å². The second-order valence-corrected chi connectivity index (χ2v) is 9.23. The maximum Gasteiger partial charge on any atom is 0.257 e. The predicted molar refractivity (Wildman–Crippen MR) is 123 cm³/mol. The maximum absolute atomic E-state index is 14.7. The highest BCUT2D eigenvalue weighted by Crippen LogP contribution is 2.36. The number of hydrazone groups is 1. The quantitative estimate of drug-likeness (QED) is 0.706. The zero-order valence-electron chi connectivity index (χ0n) is 19.2. The summed E-state index contributed by atoms with van der Waals surface area (Å²) in [7, 11) is 0. The first kappa shape index (κ1) is 22.2. The topological polar surface area (TPSA) is 54.4 Å². The first-order chi connectivity index (χ1) is 15.9. The minimum Gasteiger partial charge on any atom is -0.347 e. The van der Waals surface area contributed by atoms with Crippen molar-refractivity contribution < 1.29 is 18.7 Å². The van der Waals surface area contributed by atoms with Gasteiger partial charge in [0.2, 0.25) is 0 Å². The molecule has 33 heavy (non-hydrogen) atoms. The molecule has 3 aliphatic heterocycles. The van der Waals surface area contributed by atoms with Gasteiger partial charge in [0.05, 0.1) is 31.5 Å². The number of benzene rings is 2. The van der Waals surface area contributed by atoms with Crippen molar-refractivity contribution in [2.75, 3.05) is 32.8 Å². The zero-order valence-corrected chi connectivity index (χ0v) is 19.2. The van der Waals surface area contributed by atoms with E-state index >= 15 is 0 Å². The van der Waals surface area contributed by atoms with Crippen molar-refractivity contribution in [1.29, 1.82) is 0 Å². The number of aryl methyl sites for hydroxylation is 2. The number of carbonyl (C=O) groups excluding carboxylic acids is 1. The maximum atomic E-state index is 14.7. The largest absolute Gasteiger partial charge is 0.347 e. The molecule has 0 bridgehead atoms. The van der Waals surface area contributed by atoms with Gasteiger partial charge in [0.15, 0.2) is 5.79 Å². The molecule has 2 aromatic carbocycles. The van der Waals surface area contributed by atoms with Crippen molar-refractivity contribution >= 4 is 11.6 Å². The van der Waals surface area contributed by atoms with Crippen LogP contribution < -0.4 is 0 Å². The summed E-state index contributed by atoms with van der Waals surface area (Å²) in [6.07, 6.45) is 1.98. The first-order valence-electron chi connectivity index (χ1n) is 11.7. The van der Waals surface area contributed by atoms with Crippen LogP contribution in [-0.2, 0) is 14.3 Å². The zero-order chi connectivity index (χ0) is 23.0. The van der Waals surface area contributed by atoms with E-state index in [1.807, 2.05) is 25.1 Å². The van der Waals surface area contributed by atoms with Gasteiger partial charge in [0, 0.05) is 43.5 Å². The smallest absolute Gasteiger partial charge is 0.257 e. The van der Waals surface area contributed by atoms with Crippen LogP contribution in [0, 0.1) is 19.7 Å². The van der Waals surface area contributed by atoms with Gasteiger partial charge in [-0.15, -0.1) is 0 Å². The number of hydrogen-bond donors (Lipinski definition) is 0. The van der Waals surface area contributed by atoms with Crippen LogP contribution in [0.25, 0.3) is 0 Å². The summed E-state index contributed by atoms with van der Waals surface area (Å²) >= 11 is 0. The molecule has 2 saturated heterocycles. The molecule has 6 nitrogen and oxygen atoms in total. The van der Waals surface area contributed by atoms with Gasteiger partial charge in [0.25, 0.3) is 5.91 Å². The van der Waals surface area contributed by atoms with Gasteiger partial charge < -0.3 is 9.47 Å². The van der Waals surface area contributed by atoms with E-state index in [0.29, 0.717) is 25.2 Å². The van der Waals surface area contributed by atoms with Crippen LogP contribution in [0.4, 0.5) is 4.39 Å². The van der Waals surface area contributed by atoms with Crippen molar-refractivity contribution in [3.63, 3.8) is 0 Å². The molecule has 174 valence electrons. The van der Waals surface area contributed by atoms with Crippen LogP contribution in [-0.4, -0.2) is 60.2 Å². The lowest BCUT2D eigenvalue weighted by Crippen LogP contribution is -2.48. The van der Waals surface area contributed by atoms with Crippen LogP contribution in [0.3, 0.4) is 0 Å². The third kappa shape index (κ3) is 4.45. The standard InChI is InChI=1S/C26H30FN3O3/c1-18-7-8-20(19(2)15-18)23-16-24(21-5-3-4-6-22(21)27)30(28-23)25(31)17-29-11-9-26(10-12-29)32-13-14-33-26/h3-8,15,24H,9-14,16-17H2,1-2H3/t24-/m1/s1. The minimum absolute atomic E-state index is 0.118. The Balaban J connectivity index is 1.37. The van der Waals surface area contributed by atoms with Gasteiger partial charge in [0.1, 0.15) is 5.82 Å². The monoisotopic (exact) mass is 451 g/mol. The van der Waals surface area contributed by atoms with E-state index in [1.54, 1.807) is 12.1 Å². The molecule has 7 heteroatoms. The van der Waals surface area contributed by atoms with Crippen molar-refractivity contribution in [2.24, 2.45) is 5.10 Å². The Morgan fingerprint density at radius 1 is 1.12 bits per heavy atom. The third-order valence-electron chi connectivity index (χ3n) is 6.91. The van der Waals surface area contributed by atoms with Crippen molar-refractivity contribution in [2.45, 2.75) is 44.9 Å². The van der Waals surface area contributed by atoms with Crippen LogP contribution >= 0.6 is 0 Å². The van der Waals surface area contributed by atoms with E-state index in [-0.39, 0.29) is 18.3 Å². The number of likely N-dealkylation sites (tertiary alicyclic amines) is 1. The van der Waals surface area contributed by atoms with E-state index in [0.717, 1.165) is 42.8 Å². The molecule has 0 radical (unpaired) electrons. The van der Waals surface area contributed by atoms with Crippen molar-refractivity contribution in [3.05, 3.63) is 70.5 Å². The van der Waals surface area contributed by atoms with Gasteiger partial charge in [-0.2, -0.15) is 5.10 Å². The molecule has 0 N–H and O–H groups in total. The first-order valence-corrected chi connectivity index (χ1v) is 11.7. The lowest BCUT2D eigenvalue weighted by atomic mass is 9.95. The number of hydrogen-bond acceptors (Lipinski definition) is 5. The SMILES string of the molecule is Cc1ccc(C2=NN(C(=O)CN3CCC4(CC3)OCCO4)[C@@H](c3ccccc3F)C2)c(C)c1. The van der Waals surface area contributed by atoms with Crippen LogP contribution in [0.15, 0.2) is 47.6 Å². The Bertz CT molecular complexity index is 1070. The summed E-state index contributed by atoms with van der Waals surface area (Å²) in [6.45, 7) is 7.04. The number of nitrogens with zero attached hydrogens (tertiary/aromatic N) is 3. The number of amides is 1. The molecule has 0 unspecified atom stereocenters. The molecule has 2 fully saturated rings. The molecule has 5 rings (SSSR count). The van der Waals surface area contributed by atoms with Gasteiger partial charge in [-0.05, 0) is 25.5 Å². The van der Waals surface area contributed by atoms with E-state index in [1.165, 1.54) is 16.6 Å². The molecule has 0 saturated carbocycles. The van der Waals surface area contributed by atoms with Crippen molar-refractivity contribution in [3.8, 4) is 0 Å². The molecule has 0 aliphatic carbocycles. The van der Waals surface area contributed by atoms with E-state index in [9.17, 15) is 9.18 Å². The minimum atomic E-state index is -0.475. The highest BCUT2D eigenvalue weighted by Gasteiger charge is 2.41. The second-order valence-electron chi connectivity index (χ2n) is 9.23. The van der Waals surface area contributed by atoms with E-state index in [2.05, 4.69) is 17.9 Å². The average molecular weight is 452 g/mol. The number of piperidine rings is 1. The summed E-state index contributed by atoms with van der Waals surface area (Å²) in [5.74, 6) is -0.906. The predicted octanol–water partition coefficient (Wildman–Crippen LogP) is 3.96. The number of ether oxygens (including phenoxy) is 2. The van der Waals surface area contributed by atoms with Gasteiger partial charge >= 0.3 is 0 Å². The molecule has 1 atom stereocenters. The normalized spacial score (nSPS) is 22.7. The molecular formula is C26H30FN3O3. The lowest BCUT2D eigenvalue weighted by molar-refractivity contribution is -0.186. The Kier molecular flexibility index (Phi) is 6.03. The third-order valence-corrected chi connectivity index (χ3v) is 6.91. The van der Waals surface area contributed by atoms with Crippen LogP contribution in [0.1, 0.15) is 47.6 Å². The molecule has 3 heterocycles. The summed E-state index contributed by atoms with van der Waals surface area (Å²) in [5, 5.41) is 6.24. The lowest BCUT2D eigenvalue weighted by Gasteiger charge is -2.37. The number of halogens is 1. The molecule has 2 aromatic rings. The summed E-state index contributed by atoms with van der Waals surface area (Å²) in [4.78, 5) is 15.5. The summed E-state index contributed by atoms with van der Waals surface area (Å²) < 4.78 is 26.3. The van der Waals surface area contributed by atoms with Crippen LogP contribution in [0.2, 0.25) is 0 Å². The second kappa shape index (κ2) is 8.97. The summed E-state index contributed by atoms with van der Waals surface area (Å²) in [6, 6.07) is 12.4. The van der Waals surface area contributed by atoms with Gasteiger partial charge in [-0.3, -0.25) is 9.69 Å². The number of carbonyl (C=O) groups is 1. The molecule has 1 amide bonds. The van der Waals surface area contributed by atoms with Gasteiger partial charge in [-0.1, -0.05) is 42.0 Å². The highest BCUT2D eigenvalue weighted by atomic mass is 19.1. The molecular weight excluding hydrogens is 421 g/mol. The fraction of sp³-hybridized carbons (Fsp3) is 0.462. The fourth-order valence-corrected chi connectivity index (χ4v) is 5.13. The average Bonchev–Trinajstić information content (AvgIpc) is 3.44. The Hall–Kier alpha value is -2.61. The van der Waals surface area contributed by atoms with Gasteiger partial charge in [-0.25, -0.2) is 9.40 Å². The number of rotatable bonds is 4. The molecule has 3 aliphatic rings. The fourth-order valence-electron chi connectivity index (χ4n) is 5.13. The Labute approximate surface area is 194 Å². The molecule has 1 spiro atoms. The van der Waals surface area contributed by atoms with Crippen molar-refractivity contribution in [1.82, 2.24) is 9.91 Å². The summed E-state index contributed by atoms with van der Waals surface area (Å²) in [5.41, 5.74) is 4.60.